The summed E-state index contributed by atoms with van der Waals surface area (Å²) in [5.41, 5.74) is 5.32. The average Bonchev–Trinajstić information content (AvgIpc) is 2.10. The maximum atomic E-state index is 8.47. The number of nitrogens with zero attached hydrogens (tertiary/aromatic N) is 1. The lowest BCUT2D eigenvalue weighted by Gasteiger charge is -2.10. The molecule has 0 saturated heterocycles. The first-order valence-corrected chi connectivity index (χ1v) is 4.04. The van der Waals surface area contributed by atoms with Crippen LogP contribution >= 0.6 is 0 Å². The number of hydrogen-bond donors (Lipinski definition) is 4. The van der Waals surface area contributed by atoms with Gasteiger partial charge in [-0.3, -0.25) is 0 Å². The fraction of sp³-hybridized carbons (Fsp3) is 0.857. The van der Waals surface area contributed by atoms with Crippen molar-refractivity contribution in [2.75, 3.05) is 13.2 Å². The molecule has 0 fully saturated rings. The quantitative estimate of drug-likeness (QED) is 0.144. The van der Waals surface area contributed by atoms with Gasteiger partial charge in [-0.25, -0.2) is 0 Å². The predicted molar refractivity (Wildman–Crippen MR) is 47.2 cm³/mol. The number of rotatable bonds is 6. The van der Waals surface area contributed by atoms with Crippen LogP contribution in [0.25, 0.3) is 0 Å². The highest BCUT2D eigenvalue weighted by Crippen LogP contribution is 1.87. The molecule has 0 aromatic rings. The number of aliphatic hydroxyl groups excluding tert-OH is 1. The molecule has 0 aliphatic heterocycles. The first-order valence-electron chi connectivity index (χ1n) is 4.04. The van der Waals surface area contributed by atoms with Crippen molar-refractivity contribution in [2.45, 2.75) is 25.8 Å². The van der Waals surface area contributed by atoms with Crippen molar-refractivity contribution in [1.29, 1.82) is 0 Å². The Morgan fingerprint density at radius 1 is 1.58 bits per heavy atom. The van der Waals surface area contributed by atoms with Crippen molar-refractivity contribution >= 4 is 5.84 Å². The molecule has 0 bridgehead atoms. The van der Waals surface area contributed by atoms with E-state index in [2.05, 4.69) is 10.5 Å². The van der Waals surface area contributed by atoms with E-state index in [4.69, 9.17) is 16.0 Å². The summed E-state index contributed by atoms with van der Waals surface area (Å²) in [7, 11) is 0. The predicted octanol–water partition coefficient (Wildman–Crippen LogP) is -0.517. The Kier molecular flexibility index (Phi) is 6.41. The van der Waals surface area contributed by atoms with Crippen molar-refractivity contribution in [2.24, 2.45) is 10.9 Å². The van der Waals surface area contributed by atoms with Gasteiger partial charge in [0.05, 0.1) is 6.04 Å². The van der Waals surface area contributed by atoms with Crippen LogP contribution in [0.3, 0.4) is 0 Å². The SMILES string of the molecule is CC(NCCCCO)C(N)=NO. The minimum atomic E-state index is -0.117. The highest BCUT2D eigenvalue weighted by molar-refractivity contribution is 5.84. The molecular formula is C7H17N3O2. The van der Waals surface area contributed by atoms with Gasteiger partial charge in [-0.2, -0.15) is 0 Å². The van der Waals surface area contributed by atoms with E-state index in [0.717, 1.165) is 19.4 Å². The molecule has 0 aromatic carbocycles. The molecule has 0 heterocycles. The van der Waals surface area contributed by atoms with Gasteiger partial charge in [0.25, 0.3) is 0 Å². The first-order chi connectivity index (χ1) is 5.72. The number of unbranched alkanes of at least 4 members (excludes halogenated alkanes) is 1. The summed E-state index contributed by atoms with van der Waals surface area (Å²) in [4.78, 5) is 0. The summed E-state index contributed by atoms with van der Waals surface area (Å²) < 4.78 is 0. The van der Waals surface area contributed by atoms with Crippen molar-refractivity contribution < 1.29 is 10.3 Å². The lowest BCUT2D eigenvalue weighted by Crippen LogP contribution is -2.39. The molecule has 0 radical (unpaired) electrons. The van der Waals surface area contributed by atoms with Gasteiger partial charge in [0.2, 0.25) is 0 Å². The van der Waals surface area contributed by atoms with Gasteiger partial charge in [-0.05, 0) is 26.3 Å². The molecule has 5 N–H and O–H groups in total. The highest BCUT2D eigenvalue weighted by Gasteiger charge is 2.04. The molecule has 12 heavy (non-hydrogen) atoms. The molecule has 1 atom stereocenters. The van der Waals surface area contributed by atoms with Gasteiger partial charge in [-0.1, -0.05) is 5.16 Å². The van der Waals surface area contributed by atoms with Crippen LogP contribution < -0.4 is 11.1 Å². The smallest absolute Gasteiger partial charge is 0.156 e. The fourth-order valence-electron chi connectivity index (χ4n) is 0.747. The third kappa shape index (κ3) is 4.92. The maximum Gasteiger partial charge on any atom is 0.156 e. The maximum absolute atomic E-state index is 8.47. The molecule has 0 spiro atoms. The largest absolute Gasteiger partial charge is 0.409 e. The standard InChI is InChI=1S/C7H17N3O2/c1-6(7(8)10-12)9-4-2-3-5-11/h6,9,11-12H,2-5H2,1H3,(H2,8,10). The van der Waals surface area contributed by atoms with Crippen LogP contribution in [0.1, 0.15) is 19.8 Å². The molecule has 72 valence electrons. The molecule has 0 saturated carbocycles. The van der Waals surface area contributed by atoms with E-state index in [0.29, 0.717) is 0 Å². The van der Waals surface area contributed by atoms with Crippen LogP contribution in [-0.4, -0.2) is 35.3 Å². The van der Waals surface area contributed by atoms with E-state index in [1.807, 2.05) is 6.92 Å². The van der Waals surface area contributed by atoms with Gasteiger partial charge in [0, 0.05) is 6.61 Å². The molecule has 0 amide bonds. The third-order valence-corrected chi connectivity index (χ3v) is 1.59. The van der Waals surface area contributed by atoms with Gasteiger partial charge in [0.1, 0.15) is 0 Å². The second-order valence-electron chi connectivity index (χ2n) is 2.63. The van der Waals surface area contributed by atoms with Crippen molar-refractivity contribution in [1.82, 2.24) is 5.32 Å². The number of aliphatic hydroxyl groups is 1. The molecule has 0 aliphatic carbocycles. The van der Waals surface area contributed by atoms with E-state index in [1.54, 1.807) is 0 Å². The van der Waals surface area contributed by atoms with Crippen molar-refractivity contribution in [3.63, 3.8) is 0 Å². The monoisotopic (exact) mass is 175 g/mol. The molecule has 5 heteroatoms. The highest BCUT2D eigenvalue weighted by atomic mass is 16.4. The second-order valence-corrected chi connectivity index (χ2v) is 2.63. The van der Waals surface area contributed by atoms with E-state index in [1.165, 1.54) is 0 Å². The summed E-state index contributed by atoms with van der Waals surface area (Å²) in [6.45, 7) is 2.78. The van der Waals surface area contributed by atoms with Gasteiger partial charge < -0.3 is 21.4 Å². The topological polar surface area (TPSA) is 90.9 Å². The summed E-state index contributed by atoms with van der Waals surface area (Å²) >= 11 is 0. The molecule has 0 aliphatic rings. The average molecular weight is 175 g/mol. The van der Waals surface area contributed by atoms with Crippen LogP contribution in [-0.2, 0) is 0 Å². The third-order valence-electron chi connectivity index (χ3n) is 1.59. The molecule has 0 rings (SSSR count). The molecular weight excluding hydrogens is 158 g/mol. The Balaban J connectivity index is 3.37. The Labute approximate surface area is 72.3 Å². The van der Waals surface area contributed by atoms with Crippen LogP contribution in [0, 0.1) is 0 Å². The minimum absolute atomic E-state index is 0.117. The first kappa shape index (κ1) is 11.2. The van der Waals surface area contributed by atoms with E-state index < -0.39 is 0 Å². The Morgan fingerprint density at radius 3 is 2.75 bits per heavy atom. The summed E-state index contributed by atoms with van der Waals surface area (Å²) in [6, 6.07) is -0.117. The van der Waals surface area contributed by atoms with E-state index >= 15 is 0 Å². The fourth-order valence-corrected chi connectivity index (χ4v) is 0.747. The van der Waals surface area contributed by atoms with Gasteiger partial charge in [-0.15, -0.1) is 0 Å². The van der Waals surface area contributed by atoms with Gasteiger partial charge in [0.15, 0.2) is 5.84 Å². The van der Waals surface area contributed by atoms with Crippen molar-refractivity contribution in [3.05, 3.63) is 0 Å². The number of nitrogens with two attached hydrogens (primary N) is 1. The van der Waals surface area contributed by atoms with Crippen LogP contribution in [0.4, 0.5) is 0 Å². The Hall–Kier alpha value is -0.810. The van der Waals surface area contributed by atoms with E-state index in [9.17, 15) is 0 Å². The minimum Gasteiger partial charge on any atom is -0.409 e. The van der Waals surface area contributed by atoms with Crippen LogP contribution in [0.15, 0.2) is 5.16 Å². The molecule has 1 unspecified atom stereocenters. The number of oxime groups is 1. The molecule has 5 nitrogen and oxygen atoms in total. The van der Waals surface area contributed by atoms with Gasteiger partial charge >= 0.3 is 0 Å². The lowest BCUT2D eigenvalue weighted by atomic mass is 10.2. The number of amidine groups is 1. The van der Waals surface area contributed by atoms with Crippen molar-refractivity contribution in [3.8, 4) is 0 Å². The summed E-state index contributed by atoms with van der Waals surface area (Å²) in [5.74, 6) is 0.180. The number of nitrogens with one attached hydrogen (secondary N) is 1. The normalized spacial score (nSPS) is 14.7. The van der Waals surface area contributed by atoms with E-state index in [-0.39, 0.29) is 18.5 Å². The Morgan fingerprint density at radius 2 is 2.25 bits per heavy atom. The summed E-state index contributed by atoms with van der Waals surface area (Å²) in [5, 5.41) is 22.7. The Bertz CT molecular complexity index is 139. The summed E-state index contributed by atoms with van der Waals surface area (Å²) in [6.07, 6.45) is 1.66. The zero-order valence-electron chi connectivity index (χ0n) is 7.32. The zero-order chi connectivity index (χ0) is 9.40. The lowest BCUT2D eigenvalue weighted by molar-refractivity contribution is 0.283. The molecule has 0 aromatic heterocycles. The second kappa shape index (κ2) is 6.87. The zero-order valence-corrected chi connectivity index (χ0v) is 7.32. The van der Waals surface area contributed by atoms with Crippen LogP contribution in [0.5, 0.6) is 0 Å². The van der Waals surface area contributed by atoms with Crippen LogP contribution in [0.2, 0.25) is 0 Å². The number of hydrogen-bond acceptors (Lipinski definition) is 4.